The van der Waals surface area contributed by atoms with Crippen LogP contribution in [-0.4, -0.2) is 34.5 Å². The molecule has 78 valence electrons. The van der Waals surface area contributed by atoms with Gasteiger partial charge in [-0.15, -0.1) is 0 Å². The first-order chi connectivity index (χ1) is 6.61. The molecule has 0 aromatic carbocycles. The van der Waals surface area contributed by atoms with E-state index in [-0.39, 0.29) is 11.9 Å². The summed E-state index contributed by atoms with van der Waals surface area (Å²) >= 11 is 0. The van der Waals surface area contributed by atoms with Crippen LogP contribution in [0, 0.1) is 0 Å². The number of likely N-dealkylation sites (tertiary alicyclic amines) is 1. The number of carbonyl (C=O) groups excluding carboxylic acids is 1. The van der Waals surface area contributed by atoms with Gasteiger partial charge in [-0.3, -0.25) is 4.79 Å². The van der Waals surface area contributed by atoms with Gasteiger partial charge in [-0.05, 0) is 26.2 Å². The van der Waals surface area contributed by atoms with E-state index in [1.807, 2.05) is 6.92 Å². The van der Waals surface area contributed by atoms with Crippen molar-refractivity contribution in [2.75, 3.05) is 6.54 Å². The van der Waals surface area contributed by atoms with E-state index in [1.54, 1.807) is 4.90 Å². The molecule has 4 nitrogen and oxygen atoms in total. The van der Waals surface area contributed by atoms with E-state index >= 15 is 0 Å². The quantitative estimate of drug-likeness (QED) is 0.672. The maximum absolute atomic E-state index is 11.5. The summed E-state index contributed by atoms with van der Waals surface area (Å²) in [6.07, 6.45) is 5.19. The van der Waals surface area contributed by atoms with Crippen molar-refractivity contribution in [2.24, 2.45) is 0 Å². The van der Waals surface area contributed by atoms with Gasteiger partial charge in [0.1, 0.15) is 0 Å². The number of hydrogen-bond donors (Lipinski definition) is 1. The summed E-state index contributed by atoms with van der Waals surface area (Å²) in [4.78, 5) is 23.4. The molecule has 4 heteroatoms. The van der Waals surface area contributed by atoms with Gasteiger partial charge in [-0.25, -0.2) is 4.79 Å². The summed E-state index contributed by atoms with van der Waals surface area (Å²) in [6.45, 7) is 2.73. The first kappa shape index (κ1) is 10.8. The molecular weight excluding hydrogens is 182 g/mol. The minimum atomic E-state index is -1.08. The first-order valence-electron chi connectivity index (χ1n) is 4.83. The van der Waals surface area contributed by atoms with Gasteiger partial charge in [0, 0.05) is 24.7 Å². The average molecular weight is 197 g/mol. The van der Waals surface area contributed by atoms with Gasteiger partial charge in [-0.1, -0.05) is 0 Å². The van der Waals surface area contributed by atoms with Crippen molar-refractivity contribution in [1.82, 2.24) is 4.90 Å². The van der Waals surface area contributed by atoms with Crippen molar-refractivity contribution >= 4 is 11.9 Å². The normalized spacial score (nSPS) is 22.6. The zero-order valence-corrected chi connectivity index (χ0v) is 8.27. The molecule has 0 saturated carbocycles. The summed E-state index contributed by atoms with van der Waals surface area (Å²) in [5.74, 6) is -1.28. The van der Waals surface area contributed by atoms with Crippen molar-refractivity contribution in [1.29, 1.82) is 0 Å². The monoisotopic (exact) mass is 197 g/mol. The van der Waals surface area contributed by atoms with E-state index in [9.17, 15) is 9.59 Å². The molecule has 0 unspecified atom stereocenters. The highest BCUT2D eigenvalue weighted by Crippen LogP contribution is 2.16. The van der Waals surface area contributed by atoms with Gasteiger partial charge in [0.2, 0.25) is 5.91 Å². The van der Waals surface area contributed by atoms with Gasteiger partial charge in [0.05, 0.1) is 0 Å². The van der Waals surface area contributed by atoms with Gasteiger partial charge >= 0.3 is 5.97 Å². The zero-order valence-electron chi connectivity index (χ0n) is 8.27. The molecule has 1 fully saturated rings. The molecule has 0 bridgehead atoms. The Labute approximate surface area is 83.2 Å². The fourth-order valence-electron chi connectivity index (χ4n) is 1.66. The van der Waals surface area contributed by atoms with Crippen LogP contribution < -0.4 is 0 Å². The predicted molar refractivity (Wildman–Crippen MR) is 51.8 cm³/mol. The molecule has 1 heterocycles. The highest BCUT2D eigenvalue weighted by atomic mass is 16.4. The maximum atomic E-state index is 11.5. The van der Waals surface area contributed by atoms with Gasteiger partial charge in [-0.2, -0.15) is 0 Å². The minimum absolute atomic E-state index is 0.195. The largest absolute Gasteiger partial charge is 0.478 e. The average Bonchev–Trinajstić information content (AvgIpc) is 2.15. The fraction of sp³-hybridized carbons (Fsp3) is 0.600. The molecule has 1 atom stereocenters. The zero-order chi connectivity index (χ0) is 10.6. The van der Waals surface area contributed by atoms with Crippen molar-refractivity contribution < 1.29 is 14.7 Å². The van der Waals surface area contributed by atoms with Crippen molar-refractivity contribution in [3.8, 4) is 0 Å². The summed E-state index contributed by atoms with van der Waals surface area (Å²) in [5, 5.41) is 8.37. The molecule has 0 aliphatic carbocycles. The fourth-order valence-corrected chi connectivity index (χ4v) is 1.66. The van der Waals surface area contributed by atoms with Crippen LogP contribution in [0.25, 0.3) is 0 Å². The lowest BCUT2D eigenvalue weighted by atomic mass is 10.0. The Morgan fingerprint density at radius 2 is 2.07 bits per heavy atom. The van der Waals surface area contributed by atoms with E-state index in [2.05, 4.69) is 0 Å². The highest BCUT2D eigenvalue weighted by Gasteiger charge is 2.21. The second-order valence-corrected chi connectivity index (χ2v) is 3.55. The number of hydrogen-bond acceptors (Lipinski definition) is 2. The Balaban J connectivity index is 2.54. The molecule has 0 aromatic heterocycles. The number of amides is 1. The van der Waals surface area contributed by atoms with Crippen LogP contribution in [0.2, 0.25) is 0 Å². The molecular formula is C10H15NO3. The number of rotatable bonds is 2. The van der Waals surface area contributed by atoms with E-state index in [4.69, 9.17) is 5.11 Å². The third-order valence-corrected chi connectivity index (χ3v) is 2.45. The molecule has 0 radical (unpaired) electrons. The van der Waals surface area contributed by atoms with Crippen LogP contribution in [0.3, 0.4) is 0 Å². The molecule has 14 heavy (non-hydrogen) atoms. The van der Waals surface area contributed by atoms with Gasteiger partial charge < -0.3 is 10.0 Å². The van der Waals surface area contributed by atoms with Crippen molar-refractivity contribution in [2.45, 2.75) is 32.2 Å². The molecule has 1 saturated heterocycles. The standard InChI is InChI=1S/C10H15NO3/c1-8-4-2-3-7-11(8)9(12)5-6-10(13)14/h5-6,8H,2-4,7H2,1H3,(H,13,14)/b6-5+/t8-/m1/s1. The Hall–Kier alpha value is -1.32. The van der Waals surface area contributed by atoms with Crippen LogP contribution in [-0.2, 0) is 9.59 Å². The van der Waals surface area contributed by atoms with Gasteiger partial charge in [0.25, 0.3) is 0 Å². The third-order valence-electron chi connectivity index (χ3n) is 2.45. The number of aliphatic carboxylic acids is 1. The van der Waals surface area contributed by atoms with Gasteiger partial charge in [0.15, 0.2) is 0 Å². The summed E-state index contributed by atoms with van der Waals surface area (Å²) in [6, 6.07) is 0.231. The topological polar surface area (TPSA) is 57.6 Å². The van der Waals surface area contributed by atoms with Crippen LogP contribution in [0.1, 0.15) is 26.2 Å². The van der Waals surface area contributed by atoms with Crippen molar-refractivity contribution in [3.05, 3.63) is 12.2 Å². The Morgan fingerprint density at radius 1 is 1.36 bits per heavy atom. The number of nitrogens with zero attached hydrogens (tertiary/aromatic N) is 1. The van der Waals surface area contributed by atoms with Crippen molar-refractivity contribution in [3.63, 3.8) is 0 Å². The van der Waals surface area contributed by atoms with E-state index in [0.29, 0.717) is 0 Å². The second kappa shape index (κ2) is 4.79. The lowest BCUT2D eigenvalue weighted by Gasteiger charge is -2.32. The predicted octanol–water partition coefficient (Wildman–Crippen LogP) is 1.03. The number of carbonyl (C=O) groups is 2. The van der Waals surface area contributed by atoms with E-state index < -0.39 is 5.97 Å². The van der Waals surface area contributed by atoms with Crippen LogP contribution in [0.4, 0.5) is 0 Å². The molecule has 1 aliphatic heterocycles. The Morgan fingerprint density at radius 3 is 2.64 bits per heavy atom. The SMILES string of the molecule is C[C@@H]1CCCCN1C(=O)/C=C/C(=O)O. The first-order valence-corrected chi connectivity index (χ1v) is 4.83. The molecule has 0 aromatic rings. The lowest BCUT2D eigenvalue weighted by molar-refractivity contribution is -0.133. The lowest BCUT2D eigenvalue weighted by Crippen LogP contribution is -2.41. The van der Waals surface area contributed by atoms with Crippen LogP contribution in [0.5, 0.6) is 0 Å². The maximum Gasteiger partial charge on any atom is 0.328 e. The summed E-state index contributed by atoms with van der Waals surface area (Å²) in [7, 11) is 0. The molecule has 1 aliphatic rings. The van der Waals surface area contributed by atoms with E-state index in [1.165, 1.54) is 0 Å². The van der Waals surface area contributed by atoms with E-state index in [0.717, 1.165) is 38.0 Å². The highest BCUT2D eigenvalue weighted by molar-refractivity contribution is 5.94. The minimum Gasteiger partial charge on any atom is -0.478 e. The van der Waals surface area contributed by atoms with Crippen LogP contribution in [0.15, 0.2) is 12.2 Å². The second-order valence-electron chi connectivity index (χ2n) is 3.55. The van der Waals surface area contributed by atoms with Crippen LogP contribution >= 0.6 is 0 Å². The number of carboxylic acid groups (broad SMARTS) is 1. The number of piperidine rings is 1. The molecule has 1 N–H and O–H groups in total. The smallest absolute Gasteiger partial charge is 0.328 e. The molecule has 1 amide bonds. The molecule has 1 rings (SSSR count). The Bertz CT molecular complexity index is 260. The Kier molecular flexibility index (Phi) is 3.68. The summed E-state index contributed by atoms with van der Waals surface area (Å²) in [5.41, 5.74) is 0. The molecule has 0 spiro atoms. The third kappa shape index (κ3) is 2.87. The number of carboxylic acids is 1. The summed E-state index contributed by atoms with van der Waals surface area (Å²) < 4.78 is 0.